The summed E-state index contributed by atoms with van der Waals surface area (Å²) in [6.45, 7) is 6.93. The first-order valence-corrected chi connectivity index (χ1v) is 7.30. The van der Waals surface area contributed by atoms with Gasteiger partial charge in [0.25, 0.3) is 0 Å². The highest BCUT2D eigenvalue weighted by Gasteiger charge is 2.20. The Balaban J connectivity index is 2.64. The van der Waals surface area contributed by atoms with Crippen molar-refractivity contribution in [3.63, 3.8) is 0 Å². The standard InChI is InChI=1S/C13H22ClN5O/c1-4-9-19(10(5-2)6-3)13(20)18-17-12-11(14)15-7-8-16-12/h7-8,10H,4-6,9H2,1-3H3,(H,16,17)(H,18,20). The Morgan fingerprint density at radius 3 is 2.50 bits per heavy atom. The number of aromatic nitrogens is 2. The zero-order valence-electron chi connectivity index (χ0n) is 12.2. The minimum atomic E-state index is -0.178. The Hall–Kier alpha value is -1.56. The Morgan fingerprint density at radius 2 is 1.95 bits per heavy atom. The Kier molecular flexibility index (Phi) is 7.08. The fraction of sp³-hybridized carbons (Fsp3) is 0.615. The molecular formula is C13H22ClN5O. The van der Waals surface area contributed by atoms with Crippen LogP contribution in [0.25, 0.3) is 0 Å². The maximum absolute atomic E-state index is 12.2. The van der Waals surface area contributed by atoms with Crippen LogP contribution < -0.4 is 10.9 Å². The second kappa shape index (κ2) is 8.58. The highest BCUT2D eigenvalue weighted by atomic mass is 35.5. The average Bonchev–Trinajstić information content (AvgIpc) is 2.46. The molecule has 0 fully saturated rings. The highest BCUT2D eigenvalue weighted by molar-refractivity contribution is 6.31. The number of hydrazine groups is 1. The van der Waals surface area contributed by atoms with Crippen molar-refractivity contribution >= 4 is 23.4 Å². The number of urea groups is 1. The van der Waals surface area contributed by atoms with Crippen LogP contribution >= 0.6 is 11.6 Å². The summed E-state index contributed by atoms with van der Waals surface area (Å²) in [5.74, 6) is 0.337. The maximum atomic E-state index is 12.2. The summed E-state index contributed by atoms with van der Waals surface area (Å²) in [6.07, 6.45) is 5.76. The molecule has 0 bridgehead atoms. The fourth-order valence-electron chi connectivity index (χ4n) is 2.01. The number of hydrogen-bond acceptors (Lipinski definition) is 4. The highest BCUT2D eigenvalue weighted by Crippen LogP contribution is 2.13. The first-order valence-electron chi connectivity index (χ1n) is 6.93. The van der Waals surface area contributed by atoms with Gasteiger partial charge in [-0.05, 0) is 19.3 Å². The minimum Gasteiger partial charge on any atom is -0.320 e. The van der Waals surface area contributed by atoms with Crippen molar-refractivity contribution in [2.75, 3.05) is 12.0 Å². The smallest absolute Gasteiger partial charge is 0.320 e. The predicted molar refractivity (Wildman–Crippen MR) is 80.6 cm³/mol. The molecule has 0 atom stereocenters. The Bertz CT molecular complexity index is 425. The van der Waals surface area contributed by atoms with Crippen LogP contribution in [-0.2, 0) is 0 Å². The number of amides is 2. The van der Waals surface area contributed by atoms with Gasteiger partial charge in [0.05, 0.1) is 0 Å². The topological polar surface area (TPSA) is 70.2 Å². The van der Waals surface area contributed by atoms with E-state index >= 15 is 0 Å². The molecule has 0 spiro atoms. The van der Waals surface area contributed by atoms with Gasteiger partial charge in [0.1, 0.15) is 0 Å². The van der Waals surface area contributed by atoms with Crippen LogP contribution in [0.4, 0.5) is 10.6 Å². The molecule has 1 rings (SSSR count). The molecule has 2 N–H and O–H groups in total. The van der Waals surface area contributed by atoms with E-state index in [1.807, 2.05) is 4.90 Å². The van der Waals surface area contributed by atoms with Crippen LogP contribution in [0.2, 0.25) is 5.15 Å². The zero-order chi connectivity index (χ0) is 15.0. The molecule has 20 heavy (non-hydrogen) atoms. The molecule has 0 aliphatic heterocycles. The minimum absolute atomic E-state index is 0.178. The summed E-state index contributed by atoms with van der Waals surface area (Å²) in [5, 5.41) is 0.220. The second-order valence-electron chi connectivity index (χ2n) is 4.41. The van der Waals surface area contributed by atoms with Crippen molar-refractivity contribution in [2.24, 2.45) is 0 Å². The van der Waals surface area contributed by atoms with Gasteiger partial charge in [0.2, 0.25) is 0 Å². The monoisotopic (exact) mass is 299 g/mol. The number of rotatable bonds is 7. The fourth-order valence-corrected chi connectivity index (χ4v) is 2.16. The van der Waals surface area contributed by atoms with E-state index in [9.17, 15) is 4.79 Å². The van der Waals surface area contributed by atoms with Crippen molar-refractivity contribution in [1.29, 1.82) is 0 Å². The zero-order valence-corrected chi connectivity index (χ0v) is 12.9. The summed E-state index contributed by atoms with van der Waals surface area (Å²) in [5.41, 5.74) is 5.33. The van der Waals surface area contributed by atoms with Gasteiger partial charge in [-0.3, -0.25) is 10.9 Å². The molecule has 7 heteroatoms. The maximum Gasteiger partial charge on any atom is 0.336 e. The summed E-state index contributed by atoms with van der Waals surface area (Å²) in [6, 6.07) is 0.0522. The third-order valence-electron chi connectivity index (χ3n) is 3.05. The molecule has 0 saturated carbocycles. The largest absolute Gasteiger partial charge is 0.336 e. The number of carbonyl (C=O) groups is 1. The van der Waals surface area contributed by atoms with E-state index < -0.39 is 0 Å². The number of nitrogens with one attached hydrogen (secondary N) is 2. The third kappa shape index (κ3) is 4.52. The van der Waals surface area contributed by atoms with Crippen molar-refractivity contribution in [3.05, 3.63) is 17.5 Å². The molecule has 0 aliphatic carbocycles. The summed E-state index contributed by atoms with van der Waals surface area (Å²) < 4.78 is 0. The molecule has 2 amide bonds. The molecule has 0 radical (unpaired) electrons. The number of halogens is 1. The van der Waals surface area contributed by atoms with Crippen molar-refractivity contribution in [3.8, 4) is 0 Å². The molecule has 6 nitrogen and oxygen atoms in total. The molecule has 1 aromatic rings. The van der Waals surface area contributed by atoms with Crippen molar-refractivity contribution in [2.45, 2.75) is 46.1 Å². The van der Waals surface area contributed by atoms with Crippen LogP contribution in [0.5, 0.6) is 0 Å². The van der Waals surface area contributed by atoms with Gasteiger partial charge >= 0.3 is 6.03 Å². The summed E-state index contributed by atoms with van der Waals surface area (Å²) in [7, 11) is 0. The summed E-state index contributed by atoms with van der Waals surface area (Å²) in [4.78, 5) is 22.0. The van der Waals surface area contributed by atoms with E-state index in [4.69, 9.17) is 11.6 Å². The number of hydrogen-bond donors (Lipinski definition) is 2. The van der Waals surface area contributed by atoms with E-state index in [0.717, 1.165) is 19.3 Å². The predicted octanol–water partition coefficient (Wildman–Crippen LogP) is 3.07. The van der Waals surface area contributed by atoms with Crippen molar-refractivity contribution < 1.29 is 4.79 Å². The van der Waals surface area contributed by atoms with E-state index in [1.54, 1.807) is 0 Å². The van der Waals surface area contributed by atoms with Crippen LogP contribution in [0.1, 0.15) is 40.0 Å². The van der Waals surface area contributed by atoms with Gasteiger partial charge < -0.3 is 4.90 Å². The molecule has 0 saturated heterocycles. The van der Waals surface area contributed by atoms with Crippen LogP contribution in [-0.4, -0.2) is 33.5 Å². The van der Waals surface area contributed by atoms with Gasteiger partial charge in [0.15, 0.2) is 11.0 Å². The summed E-state index contributed by atoms with van der Waals surface area (Å²) >= 11 is 5.86. The molecule has 0 unspecified atom stereocenters. The number of nitrogens with zero attached hydrogens (tertiary/aromatic N) is 3. The average molecular weight is 300 g/mol. The normalized spacial score (nSPS) is 10.4. The van der Waals surface area contributed by atoms with Gasteiger partial charge in [-0.25, -0.2) is 14.8 Å². The Morgan fingerprint density at radius 1 is 1.30 bits per heavy atom. The SMILES string of the molecule is CCCN(C(=O)NNc1nccnc1Cl)C(CC)CC. The molecule has 0 aromatic carbocycles. The van der Waals surface area contributed by atoms with Gasteiger partial charge in [-0.15, -0.1) is 0 Å². The van der Waals surface area contributed by atoms with E-state index in [0.29, 0.717) is 12.4 Å². The lowest BCUT2D eigenvalue weighted by atomic mass is 10.1. The van der Waals surface area contributed by atoms with Gasteiger partial charge in [-0.2, -0.15) is 0 Å². The third-order valence-corrected chi connectivity index (χ3v) is 3.33. The second-order valence-corrected chi connectivity index (χ2v) is 4.77. The van der Waals surface area contributed by atoms with Gasteiger partial charge in [0, 0.05) is 25.0 Å². The van der Waals surface area contributed by atoms with E-state index in [-0.39, 0.29) is 17.2 Å². The first-order chi connectivity index (χ1) is 9.63. The molecule has 1 aromatic heterocycles. The Labute approximate surface area is 124 Å². The first kappa shape index (κ1) is 16.5. The molecule has 112 valence electrons. The number of anilines is 1. The molecular weight excluding hydrogens is 278 g/mol. The lowest BCUT2D eigenvalue weighted by molar-refractivity contribution is 0.172. The van der Waals surface area contributed by atoms with Crippen LogP contribution in [0, 0.1) is 0 Å². The van der Waals surface area contributed by atoms with Gasteiger partial charge in [-0.1, -0.05) is 32.4 Å². The quantitative estimate of drug-likeness (QED) is 0.759. The molecule has 0 aliphatic rings. The van der Waals surface area contributed by atoms with E-state index in [2.05, 4.69) is 41.6 Å². The number of carbonyl (C=O) groups excluding carboxylic acids is 1. The lowest BCUT2D eigenvalue weighted by Gasteiger charge is -2.30. The molecule has 1 heterocycles. The van der Waals surface area contributed by atoms with Crippen LogP contribution in [0.3, 0.4) is 0 Å². The van der Waals surface area contributed by atoms with Crippen molar-refractivity contribution in [1.82, 2.24) is 20.3 Å². The van der Waals surface area contributed by atoms with E-state index in [1.165, 1.54) is 12.4 Å². The van der Waals surface area contributed by atoms with Crippen LogP contribution in [0.15, 0.2) is 12.4 Å². The lowest BCUT2D eigenvalue weighted by Crippen LogP contribution is -2.48.